The summed E-state index contributed by atoms with van der Waals surface area (Å²) in [6.07, 6.45) is 0. The third-order valence-electron chi connectivity index (χ3n) is 5.22. The Morgan fingerprint density at radius 3 is 2.46 bits per heavy atom. The van der Waals surface area contributed by atoms with Crippen LogP contribution in [0.5, 0.6) is 5.75 Å². The van der Waals surface area contributed by atoms with Gasteiger partial charge < -0.3 is 15.2 Å². The van der Waals surface area contributed by atoms with Crippen molar-refractivity contribution in [2.45, 2.75) is 25.4 Å². The molecule has 2 amide bonds. The quantitative estimate of drug-likeness (QED) is 0.577. The first-order valence-electron chi connectivity index (χ1n) is 7.93. The predicted molar refractivity (Wildman–Crippen MR) is 82.6 cm³/mol. The first kappa shape index (κ1) is 16.4. The van der Waals surface area contributed by atoms with Crippen LogP contribution in [0.4, 0.5) is 0 Å². The van der Waals surface area contributed by atoms with Crippen LogP contribution in [0.1, 0.15) is 25.5 Å². The lowest BCUT2D eigenvalue weighted by molar-refractivity contribution is -0.731. The highest BCUT2D eigenvalue weighted by molar-refractivity contribution is 6.08. The van der Waals surface area contributed by atoms with Crippen LogP contribution in [-0.4, -0.2) is 47.0 Å². The SMILES string of the molecule is CCN1C(=O)[C@@H]2[C@@H](c3ccc(O)cc3)[NH2+][C@@](C)(C(=O)OC)[C@@H]2C1=O. The number of imide groups is 1. The second-order valence-electron chi connectivity index (χ2n) is 6.48. The van der Waals surface area contributed by atoms with E-state index in [2.05, 4.69) is 0 Å². The van der Waals surface area contributed by atoms with Gasteiger partial charge in [-0.15, -0.1) is 0 Å². The van der Waals surface area contributed by atoms with Gasteiger partial charge in [-0.1, -0.05) is 0 Å². The molecular formula is C17H21N2O5+. The van der Waals surface area contributed by atoms with Gasteiger partial charge in [0.1, 0.15) is 23.6 Å². The van der Waals surface area contributed by atoms with Crippen LogP contribution in [0.2, 0.25) is 0 Å². The van der Waals surface area contributed by atoms with E-state index in [1.54, 1.807) is 31.3 Å². The minimum atomic E-state index is -1.15. The number of nitrogens with zero attached hydrogens (tertiary/aromatic N) is 1. The van der Waals surface area contributed by atoms with Crippen LogP contribution in [0, 0.1) is 11.8 Å². The molecule has 7 nitrogen and oxygen atoms in total. The van der Waals surface area contributed by atoms with Gasteiger partial charge in [-0.3, -0.25) is 14.5 Å². The number of carbonyl (C=O) groups excluding carboxylic acids is 3. The van der Waals surface area contributed by atoms with Gasteiger partial charge in [-0.25, -0.2) is 4.79 Å². The van der Waals surface area contributed by atoms with Gasteiger partial charge in [0.2, 0.25) is 17.4 Å². The number of aromatic hydroxyl groups is 1. The number of fused-ring (bicyclic) bond motifs is 1. The van der Waals surface area contributed by atoms with Gasteiger partial charge in [-0.2, -0.15) is 0 Å². The molecule has 24 heavy (non-hydrogen) atoms. The highest BCUT2D eigenvalue weighted by Crippen LogP contribution is 2.44. The van der Waals surface area contributed by atoms with E-state index >= 15 is 0 Å². The number of esters is 1. The molecule has 2 fully saturated rings. The van der Waals surface area contributed by atoms with Crippen molar-refractivity contribution in [3.8, 4) is 5.75 Å². The molecular weight excluding hydrogens is 312 g/mol. The highest BCUT2D eigenvalue weighted by atomic mass is 16.5. The number of ether oxygens (including phenoxy) is 1. The molecule has 2 aliphatic rings. The molecule has 3 rings (SSSR count). The topological polar surface area (TPSA) is 101 Å². The monoisotopic (exact) mass is 333 g/mol. The molecule has 0 saturated carbocycles. The standard InChI is InChI=1S/C17H20N2O5/c1-4-19-14(21)11-12(15(19)22)17(2,16(23)24-3)18-13(11)9-5-7-10(20)8-6-9/h5-8,11-13,18,20H,4H2,1-3H3/p+1/t11-,12-,13+,17+/m0/s1. The number of phenols is 1. The summed E-state index contributed by atoms with van der Waals surface area (Å²) in [5.74, 6) is -2.35. The van der Waals surface area contributed by atoms with Crippen LogP contribution in [0.15, 0.2) is 24.3 Å². The lowest BCUT2D eigenvalue weighted by Gasteiger charge is -2.25. The largest absolute Gasteiger partial charge is 0.508 e. The lowest BCUT2D eigenvalue weighted by atomic mass is 9.80. The first-order valence-corrected chi connectivity index (χ1v) is 7.93. The van der Waals surface area contributed by atoms with Gasteiger partial charge in [0, 0.05) is 19.0 Å². The summed E-state index contributed by atoms with van der Waals surface area (Å²) < 4.78 is 4.91. The summed E-state index contributed by atoms with van der Waals surface area (Å²) in [6, 6.07) is 6.11. The van der Waals surface area contributed by atoms with Gasteiger partial charge in [0.05, 0.1) is 7.11 Å². The Kier molecular flexibility index (Phi) is 3.83. The predicted octanol–water partition coefficient (Wildman–Crippen LogP) is -0.437. The van der Waals surface area contributed by atoms with E-state index < -0.39 is 23.3 Å². The van der Waals surface area contributed by atoms with E-state index in [1.165, 1.54) is 24.1 Å². The van der Waals surface area contributed by atoms with Crippen LogP contribution in [0.25, 0.3) is 0 Å². The van der Waals surface area contributed by atoms with Crippen molar-refractivity contribution in [1.82, 2.24) is 4.90 Å². The number of nitrogens with two attached hydrogens (primary N) is 1. The van der Waals surface area contributed by atoms with Crippen molar-refractivity contribution >= 4 is 17.8 Å². The van der Waals surface area contributed by atoms with Crippen LogP contribution in [-0.2, 0) is 19.1 Å². The molecule has 2 heterocycles. The summed E-state index contributed by atoms with van der Waals surface area (Å²) in [7, 11) is 1.28. The van der Waals surface area contributed by atoms with Crippen molar-refractivity contribution in [2.24, 2.45) is 11.8 Å². The molecule has 0 bridgehead atoms. The summed E-state index contributed by atoms with van der Waals surface area (Å²) in [6.45, 7) is 3.68. The molecule has 1 aromatic carbocycles. The molecule has 0 aliphatic carbocycles. The summed E-state index contributed by atoms with van der Waals surface area (Å²) in [5, 5.41) is 11.2. The fourth-order valence-electron chi connectivity index (χ4n) is 4.05. The molecule has 0 spiro atoms. The number of rotatable bonds is 3. The minimum absolute atomic E-state index is 0.119. The molecule has 0 radical (unpaired) electrons. The van der Waals surface area contributed by atoms with Crippen LogP contribution >= 0.6 is 0 Å². The number of hydrogen-bond donors (Lipinski definition) is 2. The number of amides is 2. The number of methoxy groups -OCH3 is 1. The van der Waals surface area contributed by atoms with E-state index in [0.717, 1.165) is 5.56 Å². The molecule has 3 N–H and O–H groups in total. The molecule has 128 valence electrons. The Bertz CT molecular complexity index is 701. The second kappa shape index (κ2) is 5.59. The number of carbonyl (C=O) groups is 3. The van der Waals surface area contributed by atoms with Gasteiger partial charge in [0.25, 0.3) is 0 Å². The zero-order valence-corrected chi connectivity index (χ0v) is 13.9. The highest BCUT2D eigenvalue weighted by Gasteiger charge is 2.70. The molecule has 7 heteroatoms. The van der Waals surface area contributed by atoms with E-state index in [4.69, 9.17) is 4.74 Å². The normalized spacial score (nSPS) is 32.1. The zero-order chi connectivity index (χ0) is 17.6. The summed E-state index contributed by atoms with van der Waals surface area (Å²) in [4.78, 5) is 39.1. The number of quaternary nitrogens is 1. The Hall–Kier alpha value is -2.41. The van der Waals surface area contributed by atoms with Crippen LogP contribution in [0.3, 0.4) is 0 Å². The maximum Gasteiger partial charge on any atom is 0.368 e. The fourth-order valence-corrected chi connectivity index (χ4v) is 4.05. The Morgan fingerprint density at radius 2 is 1.92 bits per heavy atom. The average molecular weight is 333 g/mol. The molecule has 0 aromatic heterocycles. The Labute approximate surface area is 139 Å². The van der Waals surface area contributed by atoms with Crippen molar-refractivity contribution in [1.29, 1.82) is 0 Å². The van der Waals surface area contributed by atoms with Gasteiger partial charge >= 0.3 is 5.97 Å². The molecule has 0 unspecified atom stereocenters. The number of benzene rings is 1. The van der Waals surface area contributed by atoms with Gasteiger partial charge in [0.15, 0.2) is 0 Å². The molecule has 2 saturated heterocycles. The second-order valence-corrected chi connectivity index (χ2v) is 6.48. The smallest absolute Gasteiger partial charge is 0.368 e. The van der Waals surface area contributed by atoms with Crippen molar-refractivity contribution < 1.29 is 29.5 Å². The molecule has 1 aromatic rings. The molecule has 4 atom stereocenters. The maximum absolute atomic E-state index is 12.8. The number of phenolic OH excluding ortho intramolecular Hbond substituents is 1. The Balaban J connectivity index is 2.09. The Morgan fingerprint density at radius 1 is 1.29 bits per heavy atom. The fraction of sp³-hybridized carbons (Fsp3) is 0.471. The van der Waals surface area contributed by atoms with Crippen LogP contribution < -0.4 is 5.32 Å². The third-order valence-corrected chi connectivity index (χ3v) is 5.22. The lowest BCUT2D eigenvalue weighted by Crippen LogP contribution is -2.97. The van der Waals surface area contributed by atoms with E-state index in [0.29, 0.717) is 0 Å². The number of likely N-dealkylation sites (tertiary alicyclic amines) is 1. The van der Waals surface area contributed by atoms with E-state index in [-0.39, 0.29) is 30.2 Å². The minimum Gasteiger partial charge on any atom is -0.508 e. The number of hydrogen-bond acceptors (Lipinski definition) is 5. The molecule has 2 aliphatic heterocycles. The van der Waals surface area contributed by atoms with Gasteiger partial charge in [-0.05, 0) is 31.2 Å². The maximum atomic E-state index is 12.8. The van der Waals surface area contributed by atoms with Crippen molar-refractivity contribution in [3.63, 3.8) is 0 Å². The zero-order valence-electron chi connectivity index (χ0n) is 13.9. The first-order chi connectivity index (χ1) is 11.3. The van der Waals surface area contributed by atoms with E-state index in [1.807, 2.05) is 0 Å². The summed E-state index contributed by atoms with van der Waals surface area (Å²) >= 11 is 0. The van der Waals surface area contributed by atoms with Crippen molar-refractivity contribution in [2.75, 3.05) is 13.7 Å². The van der Waals surface area contributed by atoms with Crippen molar-refractivity contribution in [3.05, 3.63) is 29.8 Å². The average Bonchev–Trinajstić information content (AvgIpc) is 3.02. The van der Waals surface area contributed by atoms with E-state index in [9.17, 15) is 19.5 Å². The third kappa shape index (κ3) is 2.11. The summed E-state index contributed by atoms with van der Waals surface area (Å²) in [5.41, 5.74) is -0.368.